The van der Waals surface area contributed by atoms with E-state index in [1.165, 1.54) is 6.21 Å². The van der Waals surface area contributed by atoms with Crippen molar-refractivity contribution in [3.8, 4) is 5.75 Å². The molecular weight excluding hydrogens is 665 g/mol. The van der Waals surface area contributed by atoms with Crippen LogP contribution < -0.4 is 10.2 Å². The van der Waals surface area contributed by atoms with E-state index in [4.69, 9.17) is 27.9 Å². The minimum Gasteiger partial charge on any atom is -0.487 e. The van der Waals surface area contributed by atoms with Crippen LogP contribution in [-0.4, -0.2) is 17.2 Å². The third-order valence-corrected chi connectivity index (χ3v) is 6.35. The molecule has 0 aromatic heterocycles. The van der Waals surface area contributed by atoms with Crippen molar-refractivity contribution >= 4 is 80.5 Å². The third-order valence-electron chi connectivity index (χ3n) is 4.16. The lowest BCUT2D eigenvalue weighted by atomic mass is 10.1. The van der Waals surface area contributed by atoms with Crippen LogP contribution in [0.25, 0.3) is 0 Å². The molecule has 3 aromatic carbocycles. The van der Waals surface area contributed by atoms with Gasteiger partial charge in [0.25, 0.3) is 5.91 Å². The van der Waals surface area contributed by atoms with Crippen molar-refractivity contribution in [1.29, 1.82) is 0 Å². The molecule has 0 unspecified atom stereocenters. The van der Waals surface area contributed by atoms with E-state index < -0.39 is 12.0 Å². The summed E-state index contributed by atoms with van der Waals surface area (Å²) < 4.78 is 7.73. The van der Waals surface area contributed by atoms with Gasteiger partial charge in [0.1, 0.15) is 12.4 Å². The Bertz CT molecular complexity index is 1090. The number of halogens is 4. The van der Waals surface area contributed by atoms with Crippen LogP contribution in [0.4, 0.5) is 0 Å². The van der Waals surface area contributed by atoms with Gasteiger partial charge in [-0.25, -0.2) is 5.43 Å². The van der Waals surface area contributed by atoms with Gasteiger partial charge in [-0.05, 0) is 80.6 Å². The van der Waals surface area contributed by atoms with E-state index in [9.17, 15) is 9.90 Å². The van der Waals surface area contributed by atoms with Gasteiger partial charge >= 0.3 is 0 Å². The first-order chi connectivity index (χ1) is 14.8. The van der Waals surface area contributed by atoms with Gasteiger partial charge in [0.2, 0.25) is 0 Å². The molecule has 9 heteroatoms. The largest absolute Gasteiger partial charge is 0.487 e. The molecule has 0 spiro atoms. The Balaban J connectivity index is 1.63. The van der Waals surface area contributed by atoms with Gasteiger partial charge in [-0.3, -0.25) is 4.79 Å². The van der Waals surface area contributed by atoms with Crippen molar-refractivity contribution in [2.24, 2.45) is 5.10 Å². The predicted molar refractivity (Wildman–Crippen MR) is 140 cm³/mol. The quantitative estimate of drug-likeness (QED) is 0.184. The van der Waals surface area contributed by atoms with Crippen LogP contribution in [0.1, 0.15) is 22.8 Å². The summed E-state index contributed by atoms with van der Waals surface area (Å²) in [5.74, 6) is 0.125. The summed E-state index contributed by atoms with van der Waals surface area (Å²) in [4.78, 5) is 12.1. The lowest BCUT2D eigenvalue weighted by Crippen LogP contribution is -2.25. The lowest BCUT2D eigenvalue weighted by molar-refractivity contribution is -0.129. The summed E-state index contributed by atoms with van der Waals surface area (Å²) in [6, 6.07) is 17.7. The third kappa shape index (κ3) is 6.79. The number of carbonyl (C=O) groups excluding carboxylic acids is 1. The molecule has 0 aliphatic heterocycles. The monoisotopic (exact) mass is 680 g/mol. The van der Waals surface area contributed by atoms with Gasteiger partial charge in [0.15, 0.2) is 6.10 Å². The van der Waals surface area contributed by atoms with Crippen molar-refractivity contribution < 1.29 is 14.6 Å². The lowest BCUT2D eigenvalue weighted by Gasteiger charge is -2.12. The van der Waals surface area contributed by atoms with Crippen LogP contribution in [0.2, 0.25) is 10.0 Å². The summed E-state index contributed by atoms with van der Waals surface area (Å²) in [6.07, 6.45) is 0.230. The first kappa shape index (κ1) is 24.2. The van der Waals surface area contributed by atoms with Gasteiger partial charge in [-0.2, -0.15) is 5.10 Å². The van der Waals surface area contributed by atoms with Gasteiger partial charge in [0, 0.05) is 15.6 Å². The average molecular weight is 681 g/mol. The van der Waals surface area contributed by atoms with Crippen LogP contribution in [0.3, 0.4) is 0 Å². The summed E-state index contributed by atoms with van der Waals surface area (Å²) in [5.41, 5.74) is 4.47. The van der Waals surface area contributed by atoms with Crippen molar-refractivity contribution in [3.63, 3.8) is 0 Å². The van der Waals surface area contributed by atoms with Gasteiger partial charge in [-0.1, -0.05) is 59.6 Å². The van der Waals surface area contributed by atoms with Crippen molar-refractivity contribution in [3.05, 3.63) is 94.5 Å². The zero-order chi connectivity index (χ0) is 22.4. The maximum Gasteiger partial charge on any atom is 0.273 e. The second-order valence-corrected chi connectivity index (χ2v) is 9.55. The number of hydrogen-bond donors (Lipinski definition) is 2. The zero-order valence-corrected chi connectivity index (χ0v) is 21.7. The minimum atomic E-state index is -1.28. The number of aliphatic hydroxyl groups is 1. The summed E-state index contributed by atoms with van der Waals surface area (Å²) in [5, 5.41) is 15.2. The molecule has 0 radical (unpaired) electrons. The fourth-order valence-electron chi connectivity index (χ4n) is 2.60. The molecule has 0 bridgehead atoms. The molecule has 31 heavy (non-hydrogen) atoms. The van der Waals surface area contributed by atoms with Gasteiger partial charge < -0.3 is 9.84 Å². The van der Waals surface area contributed by atoms with E-state index in [1.807, 2.05) is 24.3 Å². The number of carbonyl (C=O) groups is 1. The van der Waals surface area contributed by atoms with Crippen LogP contribution >= 0.6 is 68.4 Å². The molecule has 160 valence electrons. The Labute approximate surface area is 217 Å². The van der Waals surface area contributed by atoms with Gasteiger partial charge in [-0.15, -0.1) is 0 Å². The number of nitrogens with zero attached hydrogens (tertiary/aromatic N) is 1. The summed E-state index contributed by atoms with van der Waals surface area (Å²) in [7, 11) is 0. The van der Waals surface area contributed by atoms with E-state index >= 15 is 0 Å². The van der Waals surface area contributed by atoms with Crippen LogP contribution in [0.15, 0.2) is 65.8 Å². The van der Waals surface area contributed by atoms with Crippen LogP contribution in [0.5, 0.6) is 5.75 Å². The molecule has 0 aliphatic carbocycles. The Kier molecular flexibility index (Phi) is 8.96. The van der Waals surface area contributed by atoms with E-state index in [0.717, 1.165) is 24.0 Å². The molecule has 5 nitrogen and oxygen atoms in total. The number of nitrogens with one attached hydrogen (secondary N) is 1. The highest BCUT2D eigenvalue weighted by molar-refractivity contribution is 14.1. The fraction of sp³-hybridized carbons (Fsp3) is 0.0909. The Hall–Kier alpha value is -1.40. The van der Waals surface area contributed by atoms with E-state index in [1.54, 1.807) is 36.4 Å². The molecular formula is C22H16Cl2I2N2O3. The highest BCUT2D eigenvalue weighted by atomic mass is 127. The first-order valence-electron chi connectivity index (χ1n) is 8.97. The summed E-state index contributed by atoms with van der Waals surface area (Å²) >= 11 is 16.5. The number of ether oxygens (including phenoxy) is 1. The Morgan fingerprint density at radius 3 is 2.42 bits per heavy atom. The second-order valence-electron chi connectivity index (χ2n) is 6.39. The first-order valence-corrected chi connectivity index (χ1v) is 11.9. The zero-order valence-electron chi connectivity index (χ0n) is 15.9. The molecule has 1 amide bonds. The number of benzene rings is 3. The van der Waals surface area contributed by atoms with E-state index in [2.05, 4.69) is 55.7 Å². The molecule has 0 saturated carbocycles. The number of hydrazone groups is 1. The minimum absolute atomic E-state index is 0.308. The molecule has 0 heterocycles. The molecule has 0 fully saturated rings. The van der Waals surface area contributed by atoms with Crippen LogP contribution in [-0.2, 0) is 11.4 Å². The topological polar surface area (TPSA) is 70.9 Å². The second kappa shape index (κ2) is 11.5. The Morgan fingerprint density at radius 2 is 1.77 bits per heavy atom. The molecule has 3 rings (SSSR count). The number of amides is 1. The SMILES string of the molecule is O=C(N/N=C\c1cc(I)c(OCc2ccc(Cl)cc2Cl)c(I)c1)[C@H](O)c1ccccc1. The normalized spacial score (nSPS) is 12.0. The standard InChI is InChI=1S/C22H16Cl2I2N2O3/c23-16-7-6-15(17(24)10-16)12-31-21-18(25)8-13(9-19(21)26)11-27-28-22(30)20(29)14-4-2-1-3-5-14/h1-11,20,29H,12H2,(H,28,30)/b27-11-/t20-/m1/s1. The molecule has 0 saturated heterocycles. The molecule has 2 N–H and O–H groups in total. The molecule has 0 aliphatic rings. The van der Waals surface area contributed by atoms with Crippen molar-refractivity contribution in [2.45, 2.75) is 12.7 Å². The highest BCUT2D eigenvalue weighted by Crippen LogP contribution is 2.30. The number of hydrogen-bond acceptors (Lipinski definition) is 4. The average Bonchev–Trinajstić information content (AvgIpc) is 2.74. The maximum absolute atomic E-state index is 12.1. The van der Waals surface area contributed by atoms with E-state index in [0.29, 0.717) is 22.2 Å². The summed E-state index contributed by atoms with van der Waals surface area (Å²) in [6.45, 7) is 0.308. The molecule has 1 atom stereocenters. The number of aliphatic hydroxyl groups excluding tert-OH is 1. The van der Waals surface area contributed by atoms with Crippen molar-refractivity contribution in [2.75, 3.05) is 0 Å². The predicted octanol–water partition coefficient (Wildman–Crippen LogP) is 5.97. The smallest absolute Gasteiger partial charge is 0.273 e. The number of rotatable bonds is 7. The highest BCUT2D eigenvalue weighted by Gasteiger charge is 2.16. The van der Waals surface area contributed by atoms with E-state index in [-0.39, 0.29) is 0 Å². The van der Waals surface area contributed by atoms with Crippen molar-refractivity contribution in [1.82, 2.24) is 5.43 Å². The molecule has 3 aromatic rings. The van der Waals surface area contributed by atoms with Crippen LogP contribution in [0, 0.1) is 7.14 Å². The maximum atomic E-state index is 12.1. The van der Waals surface area contributed by atoms with Gasteiger partial charge in [0.05, 0.1) is 13.4 Å². The Morgan fingerprint density at radius 1 is 1.10 bits per heavy atom. The fourth-order valence-corrected chi connectivity index (χ4v) is 5.19.